The molecule has 0 saturated heterocycles. The maximum absolute atomic E-state index is 2.70. The predicted octanol–water partition coefficient (Wildman–Crippen LogP) is 8.01. The quantitative estimate of drug-likeness (QED) is 0.484. The summed E-state index contributed by atoms with van der Waals surface area (Å²) in [5, 5.41) is 0. The van der Waals surface area contributed by atoms with Crippen molar-refractivity contribution < 1.29 is 0 Å². The van der Waals surface area contributed by atoms with Crippen LogP contribution in [0.2, 0.25) is 0 Å². The molecule has 1 atom stereocenters. The van der Waals surface area contributed by atoms with E-state index < -0.39 is 0 Å². The van der Waals surface area contributed by atoms with Crippen LogP contribution in [0.1, 0.15) is 63.0 Å². The zero-order valence-corrected chi connectivity index (χ0v) is 18.9. The molecule has 4 saturated carbocycles. The molecule has 31 heavy (non-hydrogen) atoms. The predicted molar refractivity (Wildman–Crippen MR) is 129 cm³/mol. The molecule has 2 aromatic rings. The zero-order valence-electron chi connectivity index (χ0n) is 18.9. The van der Waals surface area contributed by atoms with Crippen molar-refractivity contribution >= 4 is 0 Å². The van der Waals surface area contributed by atoms with Crippen LogP contribution in [0.25, 0.3) is 11.1 Å². The standard InChI is InChI=1S/C31H34/c1-31(2,30-27-9-5-3-7-25(27)26-8-4-6-10-28(26)30)24-12-11-21(18-24)29-22-14-19-13-20(16-22)17-23(29)15-19/h3-12,18-20,22-24,29-30H,13-17H2,1-2H3. The highest BCUT2D eigenvalue weighted by molar-refractivity contribution is 5.79. The second-order valence-corrected chi connectivity index (χ2v) is 11.9. The first-order valence-electron chi connectivity index (χ1n) is 12.7. The first-order valence-corrected chi connectivity index (χ1v) is 12.7. The molecule has 4 bridgehead atoms. The Kier molecular flexibility index (Phi) is 3.86. The summed E-state index contributed by atoms with van der Waals surface area (Å²) < 4.78 is 0. The lowest BCUT2D eigenvalue weighted by Gasteiger charge is -2.55. The van der Waals surface area contributed by atoms with Crippen LogP contribution < -0.4 is 0 Å². The van der Waals surface area contributed by atoms with Gasteiger partial charge in [-0.1, -0.05) is 80.6 Å². The number of fused-ring (bicyclic) bond motifs is 3. The molecule has 6 aliphatic rings. The number of benzene rings is 2. The van der Waals surface area contributed by atoms with Gasteiger partial charge in [-0.2, -0.15) is 0 Å². The molecule has 0 nitrogen and oxygen atoms in total. The topological polar surface area (TPSA) is 0 Å². The Balaban J connectivity index is 1.24. The van der Waals surface area contributed by atoms with Crippen LogP contribution >= 0.6 is 0 Å². The van der Waals surface area contributed by atoms with E-state index in [0.29, 0.717) is 11.8 Å². The van der Waals surface area contributed by atoms with Gasteiger partial charge in [0.15, 0.2) is 0 Å². The molecule has 8 rings (SSSR count). The van der Waals surface area contributed by atoms with Crippen molar-refractivity contribution in [3.05, 3.63) is 83.5 Å². The minimum Gasteiger partial charge on any atom is -0.0768 e. The van der Waals surface area contributed by atoms with E-state index >= 15 is 0 Å². The van der Waals surface area contributed by atoms with E-state index in [9.17, 15) is 0 Å². The van der Waals surface area contributed by atoms with E-state index in [1.165, 1.54) is 47.9 Å². The lowest BCUT2D eigenvalue weighted by Crippen LogP contribution is -2.45. The molecule has 0 aromatic heterocycles. The summed E-state index contributed by atoms with van der Waals surface area (Å²) >= 11 is 0. The molecule has 0 heteroatoms. The summed E-state index contributed by atoms with van der Waals surface area (Å²) in [6, 6.07) is 18.3. The number of hydrogen-bond donors (Lipinski definition) is 0. The van der Waals surface area contributed by atoms with Gasteiger partial charge in [-0.15, -0.1) is 0 Å². The summed E-state index contributed by atoms with van der Waals surface area (Å²) in [4.78, 5) is 0. The maximum atomic E-state index is 2.70. The van der Waals surface area contributed by atoms with Crippen LogP contribution in [0.3, 0.4) is 0 Å². The Labute approximate surface area is 187 Å². The molecule has 0 heterocycles. The van der Waals surface area contributed by atoms with Crippen molar-refractivity contribution in [3.8, 4) is 11.1 Å². The molecule has 0 spiro atoms. The van der Waals surface area contributed by atoms with Crippen molar-refractivity contribution in [1.29, 1.82) is 0 Å². The molecule has 6 aliphatic carbocycles. The second kappa shape index (κ2) is 6.47. The Bertz CT molecular complexity index is 1020. The van der Waals surface area contributed by atoms with Gasteiger partial charge in [-0.25, -0.2) is 0 Å². The van der Waals surface area contributed by atoms with Gasteiger partial charge in [0.05, 0.1) is 0 Å². The van der Waals surface area contributed by atoms with E-state index in [-0.39, 0.29) is 5.41 Å². The SMILES string of the molecule is CC(C)(C1C=CC(C2C3CC4CC(C3)CC2C4)=C1)C1c2ccccc2-c2ccccc21. The highest BCUT2D eigenvalue weighted by Crippen LogP contribution is 2.61. The molecule has 0 radical (unpaired) electrons. The lowest BCUT2D eigenvalue weighted by atomic mass is 9.50. The number of allylic oxidation sites excluding steroid dienone is 4. The van der Waals surface area contributed by atoms with Gasteiger partial charge >= 0.3 is 0 Å². The first kappa shape index (κ1) is 18.5. The monoisotopic (exact) mass is 406 g/mol. The van der Waals surface area contributed by atoms with Crippen LogP contribution in [0, 0.1) is 40.9 Å². The molecule has 0 aliphatic heterocycles. The molecule has 1 unspecified atom stereocenters. The molecule has 0 N–H and O–H groups in total. The Morgan fingerprint density at radius 1 is 0.710 bits per heavy atom. The number of hydrogen-bond acceptors (Lipinski definition) is 0. The minimum absolute atomic E-state index is 0.160. The summed E-state index contributed by atoms with van der Waals surface area (Å²) in [5.74, 6) is 5.90. The van der Waals surface area contributed by atoms with Gasteiger partial charge in [0.1, 0.15) is 0 Å². The average molecular weight is 407 g/mol. The Hall–Kier alpha value is -2.08. The van der Waals surface area contributed by atoms with Gasteiger partial charge in [0.25, 0.3) is 0 Å². The van der Waals surface area contributed by atoms with Crippen LogP contribution in [-0.2, 0) is 0 Å². The summed E-state index contributed by atoms with van der Waals surface area (Å²) in [7, 11) is 0. The van der Waals surface area contributed by atoms with Gasteiger partial charge in [-0.05, 0) is 94.9 Å². The third-order valence-electron chi connectivity index (χ3n) is 9.92. The number of rotatable bonds is 3. The largest absolute Gasteiger partial charge is 0.0768 e. The minimum atomic E-state index is 0.160. The van der Waals surface area contributed by atoms with Crippen molar-refractivity contribution in [1.82, 2.24) is 0 Å². The fraction of sp³-hybridized carbons (Fsp3) is 0.484. The molecule has 158 valence electrons. The molecule has 2 aromatic carbocycles. The van der Waals surface area contributed by atoms with Crippen LogP contribution in [0.15, 0.2) is 72.3 Å². The van der Waals surface area contributed by atoms with Crippen molar-refractivity contribution in [2.75, 3.05) is 0 Å². The van der Waals surface area contributed by atoms with Gasteiger partial charge in [0.2, 0.25) is 0 Å². The lowest BCUT2D eigenvalue weighted by molar-refractivity contribution is -0.0195. The summed E-state index contributed by atoms with van der Waals surface area (Å²) in [6.07, 6.45) is 15.4. The summed E-state index contributed by atoms with van der Waals surface area (Å²) in [5.41, 5.74) is 7.81. The molecule has 0 amide bonds. The highest BCUT2D eigenvalue weighted by Gasteiger charge is 2.50. The van der Waals surface area contributed by atoms with Gasteiger partial charge in [-0.3, -0.25) is 0 Å². The Morgan fingerprint density at radius 3 is 1.84 bits per heavy atom. The van der Waals surface area contributed by atoms with Crippen LogP contribution in [-0.4, -0.2) is 0 Å². The smallest absolute Gasteiger partial charge is 0.0161 e. The van der Waals surface area contributed by atoms with Crippen molar-refractivity contribution in [2.24, 2.45) is 40.9 Å². The highest BCUT2D eigenvalue weighted by atomic mass is 14.5. The van der Waals surface area contributed by atoms with E-state index in [2.05, 4.69) is 80.6 Å². The molecular weight excluding hydrogens is 372 g/mol. The summed E-state index contributed by atoms with van der Waals surface area (Å²) in [6.45, 7) is 5.03. The fourth-order valence-corrected chi connectivity index (χ4v) is 8.84. The van der Waals surface area contributed by atoms with Gasteiger partial charge < -0.3 is 0 Å². The normalized spacial score (nSPS) is 35.4. The van der Waals surface area contributed by atoms with E-state index in [4.69, 9.17) is 0 Å². The maximum Gasteiger partial charge on any atom is 0.0161 e. The molecular formula is C31H34. The van der Waals surface area contributed by atoms with Crippen LogP contribution in [0.5, 0.6) is 0 Å². The van der Waals surface area contributed by atoms with E-state index in [1.807, 2.05) is 0 Å². The average Bonchev–Trinajstić information content (AvgIpc) is 3.37. The third kappa shape index (κ3) is 2.60. The third-order valence-corrected chi connectivity index (χ3v) is 9.92. The fourth-order valence-electron chi connectivity index (χ4n) is 8.84. The van der Waals surface area contributed by atoms with E-state index in [1.54, 1.807) is 12.0 Å². The molecule has 4 fully saturated rings. The van der Waals surface area contributed by atoms with Crippen molar-refractivity contribution in [3.63, 3.8) is 0 Å². The van der Waals surface area contributed by atoms with Gasteiger partial charge in [0, 0.05) is 11.8 Å². The first-order chi connectivity index (χ1) is 15.1. The van der Waals surface area contributed by atoms with E-state index in [0.717, 1.165) is 29.6 Å². The zero-order chi connectivity index (χ0) is 20.7. The van der Waals surface area contributed by atoms with Crippen LogP contribution in [0.4, 0.5) is 0 Å². The Morgan fingerprint density at radius 2 is 1.26 bits per heavy atom. The van der Waals surface area contributed by atoms with Crippen molar-refractivity contribution in [2.45, 2.75) is 51.9 Å². The second-order valence-electron chi connectivity index (χ2n) is 11.9.